The molecule has 2 saturated heterocycles. The van der Waals surface area contributed by atoms with Crippen LogP contribution >= 0.6 is 0 Å². The summed E-state index contributed by atoms with van der Waals surface area (Å²) in [6, 6.07) is 0. The number of carbonyl (C=O) groups excluding carboxylic acids is 2. The highest BCUT2D eigenvalue weighted by Gasteiger charge is 2.50. The van der Waals surface area contributed by atoms with Crippen molar-refractivity contribution in [2.45, 2.75) is 76.2 Å². The molecule has 0 radical (unpaired) electrons. The second kappa shape index (κ2) is 7.44. The van der Waals surface area contributed by atoms with Gasteiger partial charge in [0.2, 0.25) is 5.91 Å². The Hall–Kier alpha value is -1.59. The number of hydrogen-bond donors (Lipinski definition) is 2. The molecular formula is C21H34N4O2. The van der Waals surface area contributed by atoms with E-state index in [1.807, 2.05) is 4.90 Å². The monoisotopic (exact) mass is 374 g/mol. The van der Waals surface area contributed by atoms with Gasteiger partial charge in [0.1, 0.15) is 5.54 Å². The third kappa shape index (κ3) is 3.85. The lowest BCUT2D eigenvalue weighted by atomic mass is 9.78. The zero-order chi connectivity index (χ0) is 19.0. The number of guanidine groups is 1. The topological polar surface area (TPSA) is 76.5 Å². The molecule has 2 amide bonds. The molecule has 0 bridgehead atoms. The van der Waals surface area contributed by atoms with Crippen molar-refractivity contribution in [3.8, 4) is 0 Å². The van der Waals surface area contributed by atoms with Gasteiger partial charge in [0.15, 0.2) is 5.96 Å². The summed E-state index contributed by atoms with van der Waals surface area (Å²) in [5.74, 6) is 1.96. The molecule has 27 heavy (non-hydrogen) atoms. The van der Waals surface area contributed by atoms with Crippen LogP contribution in [0, 0.1) is 23.2 Å². The third-order valence-corrected chi connectivity index (χ3v) is 7.27. The quantitative estimate of drug-likeness (QED) is 0.750. The van der Waals surface area contributed by atoms with E-state index in [0.717, 1.165) is 57.5 Å². The molecule has 2 atom stereocenters. The van der Waals surface area contributed by atoms with Gasteiger partial charge < -0.3 is 10.2 Å². The smallest absolute Gasteiger partial charge is 0.254 e. The number of carbonyl (C=O) groups is 2. The molecule has 2 saturated carbocycles. The van der Waals surface area contributed by atoms with Gasteiger partial charge in [-0.25, -0.2) is 0 Å². The van der Waals surface area contributed by atoms with E-state index in [2.05, 4.69) is 5.32 Å². The van der Waals surface area contributed by atoms with E-state index in [9.17, 15) is 9.59 Å². The lowest BCUT2D eigenvalue weighted by molar-refractivity contribution is -0.131. The van der Waals surface area contributed by atoms with E-state index < -0.39 is 5.54 Å². The van der Waals surface area contributed by atoms with E-state index in [1.165, 1.54) is 37.0 Å². The molecule has 2 aliphatic heterocycles. The van der Waals surface area contributed by atoms with Gasteiger partial charge >= 0.3 is 0 Å². The van der Waals surface area contributed by atoms with Crippen molar-refractivity contribution >= 4 is 17.8 Å². The maximum absolute atomic E-state index is 13.1. The van der Waals surface area contributed by atoms with Gasteiger partial charge in [0, 0.05) is 26.1 Å². The number of likely N-dealkylation sites (N-methyl/N-ethyl adjacent to an activating group) is 1. The summed E-state index contributed by atoms with van der Waals surface area (Å²) in [6.07, 6.45) is 12.3. The second-order valence-corrected chi connectivity index (χ2v) is 9.38. The minimum atomic E-state index is -0.632. The van der Waals surface area contributed by atoms with E-state index in [4.69, 9.17) is 5.41 Å². The molecule has 0 aromatic rings. The zero-order valence-corrected chi connectivity index (χ0v) is 16.6. The highest BCUT2D eigenvalue weighted by Crippen LogP contribution is 2.38. The van der Waals surface area contributed by atoms with Crippen LogP contribution in [0.5, 0.6) is 0 Å². The summed E-state index contributed by atoms with van der Waals surface area (Å²) in [5, 5.41) is 11.4. The van der Waals surface area contributed by atoms with Crippen LogP contribution < -0.4 is 5.32 Å². The fourth-order valence-corrected chi connectivity index (χ4v) is 5.40. The fraction of sp³-hybridized carbons (Fsp3) is 0.857. The van der Waals surface area contributed by atoms with Crippen molar-refractivity contribution < 1.29 is 9.59 Å². The first-order valence-corrected chi connectivity index (χ1v) is 10.9. The third-order valence-electron chi connectivity index (χ3n) is 7.27. The Balaban J connectivity index is 1.41. The molecule has 0 spiro atoms. The lowest BCUT2D eigenvalue weighted by Gasteiger charge is -2.32. The van der Waals surface area contributed by atoms with E-state index in [0.29, 0.717) is 11.8 Å². The summed E-state index contributed by atoms with van der Waals surface area (Å²) in [6.45, 7) is 1.62. The van der Waals surface area contributed by atoms with Crippen molar-refractivity contribution in [2.24, 2.45) is 17.8 Å². The SMILES string of the molecule is CN1C(=N)N[C@@](CCC2CCCCC2)(C[C@H]2CCN(C(=O)C3CC3)C2)C1=O. The maximum atomic E-state index is 13.1. The molecule has 6 heteroatoms. The summed E-state index contributed by atoms with van der Waals surface area (Å²) in [4.78, 5) is 28.9. The van der Waals surface area contributed by atoms with Crippen LogP contribution in [0.1, 0.15) is 70.6 Å². The Bertz CT molecular complexity index is 611. The molecule has 6 nitrogen and oxygen atoms in total. The minimum absolute atomic E-state index is 0.0512. The Morgan fingerprint density at radius 1 is 1.15 bits per heavy atom. The first kappa shape index (κ1) is 18.8. The van der Waals surface area contributed by atoms with Crippen molar-refractivity contribution in [2.75, 3.05) is 20.1 Å². The van der Waals surface area contributed by atoms with Crippen molar-refractivity contribution in [3.05, 3.63) is 0 Å². The molecule has 150 valence electrons. The van der Waals surface area contributed by atoms with Gasteiger partial charge in [-0.1, -0.05) is 32.1 Å². The van der Waals surface area contributed by atoms with E-state index in [1.54, 1.807) is 7.05 Å². The molecule has 4 fully saturated rings. The summed E-state index contributed by atoms with van der Waals surface area (Å²) < 4.78 is 0. The van der Waals surface area contributed by atoms with Crippen LogP contribution in [0.2, 0.25) is 0 Å². The summed E-state index contributed by atoms with van der Waals surface area (Å²) in [5.41, 5.74) is -0.632. The average molecular weight is 375 g/mol. The molecular weight excluding hydrogens is 340 g/mol. The second-order valence-electron chi connectivity index (χ2n) is 9.38. The molecule has 4 aliphatic rings. The molecule has 4 rings (SSSR count). The first-order valence-electron chi connectivity index (χ1n) is 10.9. The molecule has 2 N–H and O–H groups in total. The van der Waals surface area contributed by atoms with Crippen LogP contribution in [0.25, 0.3) is 0 Å². The normalized spacial score (nSPS) is 32.3. The van der Waals surface area contributed by atoms with Crippen molar-refractivity contribution in [1.82, 2.24) is 15.1 Å². The molecule has 0 unspecified atom stereocenters. The van der Waals surface area contributed by atoms with Gasteiger partial charge in [-0.05, 0) is 50.4 Å². The Morgan fingerprint density at radius 2 is 1.89 bits per heavy atom. The van der Waals surface area contributed by atoms with Gasteiger partial charge in [0.05, 0.1) is 0 Å². The summed E-state index contributed by atoms with van der Waals surface area (Å²) >= 11 is 0. The van der Waals surface area contributed by atoms with E-state index >= 15 is 0 Å². The highest BCUT2D eigenvalue weighted by atomic mass is 16.2. The number of rotatable bonds is 6. The van der Waals surface area contributed by atoms with Crippen LogP contribution in [0.15, 0.2) is 0 Å². The Kier molecular flexibility index (Phi) is 5.17. The van der Waals surface area contributed by atoms with Crippen molar-refractivity contribution in [1.29, 1.82) is 5.41 Å². The predicted molar refractivity (Wildman–Crippen MR) is 104 cm³/mol. The number of hydrogen-bond acceptors (Lipinski definition) is 3. The Morgan fingerprint density at radius 3 is 2.52 bits per heavy atom. The molecule has 0 aromatic heterocycles. The van der Waals surface area contributed by atoms with Gasteiger partial charge in [-0.2, -0.15) is 0 Å². The number of nitrogens with zero attached hydrogens (tertiary/aromatic N) is 2. The van der Waals surface area contributed by atoms with Gasteiger partial charge in [-0.3, -0.25) is 19.9 Å². The van der Waals surface area contributed by atoms with Gasteiger partial charge in [0.25, 0.3) is 5.91 Å². The minimum Gasteiger partial charge on any atom is -0.342 e. The maximum Gasteiger partial charge on any atom is 0.254 e. The van der Waals surface area contributed by atoms with Crippen LogP contribution in [-0.2, 0) is 9.59 Å². The number of nitrogens with one attached hydrogen (secondary N) is 2. The number of amides is 2. The standard InChI is InChI=1S/C21H34N4O2/c1-24-19(27)21(23-20(24)22,11-9-15-5-3-2-4-6-15)13-16-10-12-25(14-16)18(26)17-7-8-17/h15-17H,2-14H2,1H3,(H2,22,23)/t16-,21+/m1/s1. The Labute approximate surface area is 162 Å². The predicted octanol–water partition coefficient (Wildman–Crippen LogP) is 2.73. The zero-order valence-electron chi connectivity index (χ0n) is 16.6. The largest absolute Gasteiger partial charge is 0.342 e. The average Bonchev–Trinajstić information content (AvgIpc) is 3.39. The fourth-order valence-electron chi connectivity index (χ4n) is 5.40. The van der Waals surface area contributed by atoms with E-state index in [-0.39, 0.29) is 17.8 Å². The lowest BCUT2D eigenvalue weighted by Crippen LogP contribution is -2.49. The van der Waals surface area contributed by atoms with Crippen molar-refractivity contribution in [3.63, 3.8) is 0 Å². The molecule has 0 aromatic carbocycles. The molecule has 2 aliphatic carbocycles. The first-order chi connectivity index (χ1) is 13.0. The molecule has 2 heterocycles. The highest BCUT2D eigenvalue weighted by molar-refractivity contribution is 6.07. The summed E-state index contributed by atoms with van der Waals surface area (Å²) in [7, 11) is 1.71. The van der Waals surface area contributed by atoms with Crippen LogP contribution in [0.4, 0.5) is 0 Å². The number of likely N-dealkylation sites (tertiary alicyclic amines) is 1. The van der Waals surface area contributed by atoms with Crippen LogP contribution in [0.3, 0.4) is 0 Å². The van der Waals surface area contributed by atoms with Gasteiger partial charge in [-0.15, -0.1) is 0 Å². The van der Waals surface area contributed by atoms with Crippen LogP contribution in [-0.4, -0.2) is 53.2 Å².